The SMILES string of the molecule is Cc1ccc([C@H]2C[C@H](C(F)(F)F)n3nc(C(=O)NC(C)C)cc3N2)cc1. The molecule has 1 amide bonds. The van der Waals surface area contributed by atoms with E-state index in [1.807, 2.05) is 31.2 Å². The summed E-state index contributed by atoms with van der Waals surface area (Å²) in [6.07, 6.45) is -4.65. The van der Waals surface area contributed by atoms with Crippen LogP contribution in [0.25, 0.3) is 0 Å². The first-order valence-electron chi connectivity index (χ1n) is 8.45. The molecule has 1 aliphatic heterocycles. The lowest BCUT2D eigenvalue weighted by Crippen LogP contribution is -2.36. The van der Waals surface area contributed by atoms with E-state index in [-0.39, 0.29) is 24.0 Å². The maximum Gasteiger partial charge on any atom is 0.410 e. The number of amides is 1. The van der Waals surface area contributed by atoms with Gasteiger partial charge < -0.3 is 10.6 Å². The highest BCUT2D eigenvalue weighted by molar-refractivity contribution is 5.93. The van der Waals surface area contributed by atoms with Crippen LogP contribution in [0.15, 0.2) is 30.3 Å². The minimum absolute atomic E-state index is 0.0278. The van der Waals surface area contributed by atoms with Gasteiger partial charge in [0.2, 0.25) is 0 Å². The predicted octanol–water partition coefficient (Wildman–Crippen LogP) is 3.99. The van der Waals surface area contributed by atoms with Crippen LogP contribution < -0.4 is 10.6 Å². The van der Waals surface area contributed by atoms with E-state index in [1.54, 1.807) is 13.8 Å². The number of fused-ring (bicyclic) bond motifs is 1. The molecule has 26 heavy (non-hydrogen) atoms. The molecule has 2 heterocycles. The standard InChI is InChI=1S/C18H21F3N4O/c1-10(2)22-17(26)14-9-16-23-13(12-6-4-11(3)5-7-12)8-15(18(19,20)21)25(16)24-14/h4-7,9-10,13,15,23H,8H2,1-3H3,(H,22,26)/t13-,15-/m1/s1. The molecule has 0 unspecified atom stereocenters. The number of hydrogen-bond acceptors (Lipinski definition) is 3. The number of nitrogens with one attached hydrogen (secondary N) is 2. The maximum atomic E-state index is 13.6. The first-order valence-corrected chi connectivity index (χ1v) is 8.45. The Balaban J connectivity index is 1.96. The number of rotatable bonds is 3. The van der Waals surface area contributed by atoms with Crippen LogP contribution in [0.1, 0.15) is 54.0 Å². The van der Waals surface area contributed by atoms with Gasteiger partial charge in [-0.3, -0.25) is 4.79 Å². The topological polar surface area (TPSA) is 59.0 Å². The van der Waals surface area contributed by atoms with Crippen molar-refractivity contribution in [3.63, 3.8) is 0 Å². The van der Waals surface area contributed by atoms with Gasteiger partial charge in [0.05, 0.1) is 6.04 Å². The van der Waals surface area contributed by atoms with Crippen molar-refractivity contribution in [3.05, 3.63) is 47.2 Å². The van der Waals surface area contributed by atoms with E-state index < -0.39 is 24.2 Å². The van der Waals surface area contributed by atoms with Gasteiger partial charge in [0.25, 0.3) is 5.91 Å². The van der Waals surface area contributed by atoms with Gasteiger partial charge in [0.15, 0.2) is 11.7 Å². The first kappa shape index (κ1) is 18.3. The number of carbonyl (C=O) groups excluding carboxylic acids is 1. The van der Waals surface area contributed by atoms with Crippen molar-refractivity contribution in [2.24, 2.45) is 0 Å². The van der Waals surface area contributed by atoms with Crippen LogP contribution in [0.3, 0.4) is 0 Å². The molecule has 0 aliphatic carbocycles. The molecule has 0 saturated heterocycles. The van der Waals surface area contributed by atoms with Gasteiger partial charge in [-0.05, 0) is 26.3 Å². The molecule has 2 N–H and O–H groups in total. The Morgan fingerprint density at radius 2 is 1.96 bits per heavy atom. The Hall–Kier alpha value is -2.51. The second kappa shape index (κ2) is 6.66. The Labute approximate surface area is 149 Å². The van der Waals surface area contributed by atoms with Crippen molar-refractivity contribution < 1.29 is 18.0 Å². The number of anilines is 1. The molecule has 0 fully saturated rings. The molecule has 1 aliphatic rings. The Morgan fingerprint density at radius 3 is 2.54 bits per heavy atom. The van der Waals surface area contributed by atoms with Crippen molar-refractivity contribution >= 4 is 11.7 Å². The molecule has 1 aromatic heterocycles. The van der Waals surface area contributed by atoms with E-state index in [0.29, 0.717) is 0 Å². The zero-order valence-electron chi connectivity index (χ0n) is 14.8. The smallest absolute Gasteiger partial charge is 0.363 e. The fraction of sp³-hybridized carbons (Fsp3) is 0.444. The molecule has 2 atom stereocenters. The van der Waals surface area contributed by atoms with E-state index in [9.17, 15) is 18.0 Å². The van der Waals surface area contributed by atoms with Gasteiger partial charge in [-0.2, -0.15) is 18.3 Å². The summed E-state index contributed by atoms with van der Waals surface area (Å²) >= 11 is 0. The van der Waals surface area contributed by atoms with Crippen LogP contribution in [0.5, 0.6) is 0 Å². The largest absolute Gasteiger partial charge is 0.410 e. The lowest BCUT2D eigenvalue weighted by atomic mass is 9.96. The van der Waals surface area contributed by atoms with E-state index >= 15 is 0 Å². The molecule has 8 heteroatoms. The zero-order chi connectivity index (χ0) is 19.1. The molecule has 3 rings (SSSR count). The second-order valence-electron chi connectivity index (χ2n) is 6.89. The number of alkyl halides is 3. The van der Waals surface area contributed by atoms with Crippen LogP contribution in [-0.4, -0.2) is 27.9 Å². The van der Waals surface area contributed by atoms with Crippen LogP contribution in [0.4, 0.5) is 19.0 Å². The molecule has 1 aromatic carbocycles. The highest BCUT2D eigenvalue weighted by atomic mass is 19.4. The lowest BCUT2D eigenvalue weighted by Gasteiger charge is -2.33. The van der Waals surface area contributed by atoms with Crippen molar-refractivity contribution in [1.29, 1.82) is 0 Å². The first-order chi connectivity index (χ1) is 12.1. The quantitative estimate of drug-likeness (QED) is 0.864. The number of benzene rings is 1. The molecular weight excluding hydrogens is 345 g/mol. The van der Waals surface area contributed by atoms with E-state index in [2.05, 4.69) is 15.7 Å². The monoisotopic (exact) mass is 366 g/mol. The Morgan fingerprint density at radius 1 is 1.31 bits per heavy atom. The maximum absolute atomic E-state index is 13.6. The normalized spacial score (nSPS) is 19.8. The van der Waals surface area contributed by atoms with Gasteiger partial charge in [-0.15, -0.1) is 0 Å². The highest BCUT2D eigenvalue weighted by Gasteiger charge is 2.46. The van der Waals surface area contributed by atoms with Gasteiger partial charge in [0, 0.05) is 18.5 Å². The molecule has 5 nitrogen and oxygen atoms in total. The summed E-state index contributed by atoms with van der Waals surface area (Å²) < 4.78 is 41.7. The van der Waals surface area contributed by atoms with Crippen LogP contribution >= 0.6 is 0 Å². The number of carbonyl (C=O) groups is 1. The molecule has 0 bridgehead atoms. The fourth-order valence-electron chi connectivity index (χ4n) is 3.04. The predicted molar refractivity (Wildman–Crippen MR) is 92.1 cm³/mol. The number of nitrogens with zero attached hydrogens (tertiary/aromatic N) is 2. The summed E-state index contributed by atoms with van der Waals surface area (Å²) in [5.74, 6) is -0.297. The molecule has 0 saturated carbocycles. The molecule has 2 aromatic rings. The summed E-state index contributed by atoms with van der Waals surface area (Å²) in [5.41, 5.74) is 1.78. The molecular formula is C18H21F3N4O. The number of aryl methyl sites for hydroxylation is 1. The van der Waals surface area contributed by atoms with Crippen LogP contribution in [0.2, 0.25) is 0 Å². The summed E-state index contributed by atoms with van der Waals surface area (Å²) in [7, 11) is 0. The van der Waals surface area contributed by atoms with Crippen LogP contribution in [0, 0.1) is 6.92 Å². The Bertz CT molecular complexity index is 796. The minimum atomic E-state index is -4.46. The average molecular weight is 366 g/mol. The van der Waals surface area contributed by atoms with Gasteiger partial charge in [0.1, 0.15) is 5.82 Å². The summed E-state index contributed by atoms with van der Waals surface area (Å²) in [5, 5.41) is 9.65. The van der Waals surface area contributed by atoms with Gasteiger partial charge >= 0.3 is 6.18 Å². The number of aromatic nitrogens is 2. The van der Waals surface area contributed by atoms with Crippen molar-refractivity contribution in [1.82, 2.24) is 15.1 Å². The minimum Gasteiger partial charge on any atom is -0.363 e. The van der Waals surface area contributed by atoms with E-state index in [4.69, 9.17) is 0 Å². The second-order valence-corrected chi connectivity index (χ2v) is 6.89. The third kappa shape index (κ3) is 3.68. The average Bonchev–Trinajstić information content (AvgIpc) is 2.97. The van der Waals surface area contributed by atoms with Gasteiger partial charge in [-0.1, -0.05) is 29.8 Å². The summed E-state index contributed by atoms with van der Waals surface area (Å²) in [6.45, 7) is 5.47. The number of halogens is 3. The molecule has 140 valence electrons. The van der Waals surface area contributed by atoms with E-state index in [0.717, 1.165) is 15.8 Å². The van der Waals surface area contributed by atoms with Crippen molar-refractivity contribution in [2.45, 2.75) is 51.5 Å². The lowest BCUT2D eigenvalue weighted by molar-refractivity contribution is -0.173. The fourth-order valence-corrected chi connectivity index (χ4v) is 3.04. The molecule has 0 spiro atoms. The highest BCUT2D eigenvalue weighted by Crippen LogP contribution is 2.43. The summed E-state index contributed by atoms with van der Waals surface area (Å²) in [4.78, 5) is 12.1. The Kier molecular flexibility index (Phi) is 4.68. The van der Waals surface area contributed by atoms with Crippen molar-refractivity contribution in [3.8, 4) is 0 Å². The zero-order valence-corrected chi connectivity index (χ0v) is 14.8. The third-order valence-electron chi connectivity index (χ3n) is 4.32. The van der Waals surface area contributed by atoms with Crippen LogP contribution in [-0.2, 0) is 0 Å². The molecule has 0 radical (unpaired) electrons. The van der Waals surface area contributed by atoms with Gasteiger partial charge in [-0.25, -0.2) is 4.68 Å². The summed E-state index contributed by atoms with van der Waals surface area (Å²) in [6, 6.07) is 6.32. The van der Waals surface area contributed by atoms with E-state index in [1.165, 1.54) is 6.07 Å². The number of hydrogen-bond donors (Lipinski definition) is 2. The third-order valence-corrected chi connectivity index (χ3v) is 4.32. The van der Waals surface area contributed by atoms with Crippen molar-refractivity contribution in [2.75, 3.05) is 5.32 Å².